The van der Waals surface area contributed by atoms with Crippen molar-refractivity contribution in [1.82, 2.24) is 20.1 Å². The van der Waals surface area contributed by atoms with Gasteiger partial charge < -0.3 is 10.4 Å². The highest BCUT2D eigenvalue weighted by Gasteiger charge is 2.13. The lowest BCUT2D eigenvalue weighted by Crippen LogP contribution is -2.33. The number of hydrogen-bond acceptors (Lipinski definition) is 4. The molecule has 2 atom stereocenters. The number of rotatable bonds is 7. The van der Waals surface area contributed by atoms with Gasteiger partial charge in [0.15, 0.2) is 0 Å². The van der Waals surface area contributed by atoms with E-state index in [-0.39, 0.29) is 18.7 Å². The molecule has 1 aromatic heterocycles. The van der Waals surface area contributed by atoms with Crippen molar-refractivity contribution in [1.29, 1.82) is 0 Å². The second kappa shape index (κ2) is 7.38. The van der Waals surface area contributed by atoms with Crippen molar-refractivity contribution in [3.8, 4) is 0 Å². The lowest BCUT2D eigenvalue weighted by Gasteiger charge is -2.22. The second-order valence-electron chi connectivity index (χ2n) is 4.80. The Morgan fingerprint density at radius 2 is 2.10 bits per heavy atom. The summed E-state index contributed by atoms with van der Waals surface area (Å²) >= 11 is 5.87. The van der Waals surface area contributed by atoms with E-state index in [1.54, 1.807) is 11.0 Å². The molecule has 1 aromatic carbocycles. The number of aliphatic hydroxyl groups excluding tert-OH is 1. The van der Waals surface area contributed by atoms with E-state index in [1.807, 2.05) is 24.3 Å². The van der Waals surface area contributed by atoms with Gasteiger partial charge in [-0.3, -0.25) is 4.68 Å². The number of aryl methyl sites for hydroxylation is 1. The molecule has 0 saturated carbocycles. The second-order valence-corrected chi connectivity index (χ2v) is 5.24. The molecule has 0 amide bonds. The third-order valence-corrected chi connectivity index (χ3v) is 3.45. The van der Waals surface area contributed by atoms with Crippen LogP contribution in [0, 0.1) is 0 Å². The van der Waals surface area contributed by atoms with Crippen LogP contribution in [0.4, 0.5) is 0 Å². The first kappa shape index (κ1) is 15.0. The Kier molecular flexibility index (Phi) is 5.52. The van der Waals surface area contributed by atoms with Gasteiger partial charge >= 0.3 is 0 Å². The van der Waals surface area contributed by atoms with Crippen molar-refractivity contribution in [2.75, 3.05) is 6.61 Å². The molecule has 2 unspecified atom stereocenters. The highest BCUT2D eigenvalue weighted by atomic mass is 35.5. The van der Waals surface area contributed by atoms with Crippen LogP contribution >= 0.6 is 11.6 Å². The maximum atomic E-state index is 9.53. The van der Waals surface area contributed by atoms with E-state index in [0.717, 1.165) is 18.5 Å². The first-order valence-electron chi connectivity index (χ1n) is 6.64. The summed E-state index contributed by atoms with van der Waals surface area (Å²) in [5.41, 5.74) is 1.03. The predicted octanol–water partition coefficient (Wildman–Crippen LogP) is 2.03. The molecular formula is C14H19ClN4O. The topological polar surface area (TPSA) is 63.0 Å². The molecule has 0 radical (unpaired) electrons. The van der Waals surface area contributed by atoms with E-state index in [4.69, 9.17) is 11.6 Å². The maximum absolute atomic E-state index is 9.53. The van der Waals surface area contributed by atoms with Crippen LogP contribution < -0.4 is 5.32 Å². The lowest BCUT2D eigenvalue weighted by molar-refractivity contribution is 0.231. The molecule has 2 N–H and O–H groups in total. The minimum atomic E-state index is -0.0852. The smallest absolute Gasteiger partial charge is 0.137 e. The largest absolute Gasteiger partial charge is 0.394 e. The van der Waals surface area contributed by atoms with Crippen molar-refractivity contribution in [3.63, 3.8) is 0 Å². The van der Waals surface area contributed by atoms with E-state index in [9.17, 15) is 5.11 Å². The van der Waals surface area contributed by atoms with Crippen LogP contribution in [-0.2, 0) is 6.54 Å². The zero-order valence-electron chi connectivity index (χ0n) is 11.4. The summed E-state index contributed by atoms with van der Waals surface area (Å²) < 4.78 is 1.80. The minimum absolute atomic E-state index is 0.0509. The predicted molar refractivity (Wildman–Crippen MR) is 78.5 cm³/mol. The normalized spacial score (nSPS) is 14.2. The van der Waals surface area contributed by atoms with E-state index in [1.165, 1.54) is 6.33 Å². The molecule has 0 aliphatic rings. The molecule has 0 saturated heterocycles. The number of nitrogens with one attached hydrogen (secondary N) is 1. The van der Waals surface area contributed by atoms with Crippen LogP contribution in [0.5, 0.6) is 0 Å². The van der Waals surface area contributed by atoms with E-state index < -0.39 is 0 Å². The summed E-state index contributed by atoms with van der Waals surface area (Å²) in [7, 11) is 0. The van der Waals surface area contributed by atoms with E-state index >= 15 is 0 Å². The zero-order valence-corrected chi connectivity index (χ0v) is 12.2. The molecule has 20 heavy (non-hydrogen) atoms. The van der Waals surface area contributed by atoms with Gasteiger partial charge in [-0.25, -0.2) is 4.98 Å². The molecule has 2 rings (SSSR count). The van der Waals surface area contributed by atoms with Gasteiger partial charge in [-0.15, -0.1) is 0 Å². The summed E-state index contributed by atoms with van der Waals surface area (Å²) in [6.45, 7) is 2.94. The Labute approximate surface area is 123 Å². The SMILES string of the molecule is CC(CCn1cncn1)NC(CO)c1ccc(Cl)cc1. The minimum Gasteiger partial charge on any atom is -0.394 e. The van der Waals surface area contributed by atoms with Gasteiger partial charge in [0.2, 0.25) is 0 Å². The highest BCUT2D eigenvalue weighted by Crippen LogP contribution is 2.17. The third-order valence-electron chi connectivity index (χ3n) is 3.20. The van der Waals surface area contributed by atoms with Gasteiger partial charge in [0.1, 0.15) is 12.7 Å². The van der Waals surface area contributed by atoms with Gasteiger partial charge in [0.05, 0.1) is 12.6 Å². The zero-order chi connectivity index (χ0) is 14.4. The lowest BCUT2D eigenvalue weighted by atomic mass is 10.1. The summed E-state index contributed by atoms with van der Waals surface area (Å²) in [6, 6.07) is 7.70. The first-order chi connectivity index (χ1) is 9.69. The number of aromatic nitrogens is 3. The fourth-order valence-electron chi connectivity index (χ4n) is 2.05. The van der Waals surface area contributed by atoms with Crippen molar-refractivity contribution in [2.24, 2.45) is 0 Å². The molecule has 108 valence electrons. The number of benzene rings is 1. The molecular weight excluding hydrogens is 276 g/mol. The summed E-state index contributed by atoms with van der Waals surface area (Å²) in [5.74, 6) is 0. The Balaban J connectivity index is 1.87. The number of halogens is 1. The van der Waals surface area contributed by atoms with Crippen LogP contribution in [0.15, 0.2) is 36.9 Å². The van der Waals surface area contributed by atoms with E-state index in [0.29, 0.717) is 5.02 Å². The molecule has 0 bridgehead atoms. The van der Waals surface area contributed by atoms with Crippen LogP contribution in [0.3, 0.4) is 0 Å². The van der Waals surface area contributed by atoms with Crippen LogP contribution in [-0.4, -0.2) is 32.5 Å². The fraction of sp³-hybridized carbons (Fsp3) is 0.429. The van der Waals surface area contributed by atoms with Crippen LogP contribution in [0.1, 0.15) is 24.9 Å². The number of nitrogens with zero attached hydrogens (tertiary/aromatic N) is 3. The number of aliphatic hydroxyl groups is 1. The van der Waals surface area contributed by atoms with Crippen LogP contribution in [0.25, 0.3) is 0 Å². The highest BCUT2D eigenvalue weighted by molar-refractivity contribution is 6.30. The maximum Gasteiger partial charge on any atom is 0.137 e. The van der Waals surface area contributed by atoms with Crippen molar-refractivity contribution < 1.29 is 5.11 Å². The molecule has 2 aromatic rings. The van der Waals surface area contributed by atoms with Gasteiger partial charge in [0, 0.05) is 17.6 Å². The quantitative estimate of drug-likeness (QED) is 0.820. The van der Waals surface area contributed by atoms with Gasteiger partial charge in [-0.2, -0.15) is 5.10 Å². The first-order valence-corrected chi connectivity index (χ1v) is 7.01. The van der Waals surface area contributed by atoms with Gasteiger partial charge in [-0.05, 0) is 31.0 Å². The Morgan fingerprint density at radius 1 is 1.35 bits per heavy atom. The van der Waals surface area contributed by atoms with Crippen molar-refractivity contribution in [2.45, 2.75) is 32.0 Å². The molecule has 5 nitrogen and oxygen atoms in total. The Morgan fingerprint density at radius 3 is 2.70 bits per heavy atom. The fourth-order valence-corrected chi connectivity index (χ4v) is 2.18. The van der Waals surface area contributed by atoms with Crippen molar-refractivity contribution in [3.05, 3.63) is 47.5 Å². The van der Waals surface area contributed by atoms with Gasteiger partial charge in [-0.1, -0.05) is 23.7 Å². The summed E-state index contributed by atoms with van der Waals surface area (Å²) in [6.07, 6.45) is 4.14. The standard InChI is InChI=1S/C14H19ClN4O/c1-11(6-7-19-10-16-9-17-19)18-14(8-20)12-2-4-13(15)5-3-12/h2-5,9-11,14,18,20H,6-8H2,1H3. The van der Waals surface area contributed by atoms with Crippen molar-refractivity contribution >= 4 is 11.6 Å². The molecule has 1 heterocycles. The molecule has 0 fully saturated rings. The Hall–Kier alpha value is -1.43. The molecule has 0 aliphatic carbocycles. The summed E-state index contributed by atoms with van der Waals surface area (Å²) in [5, 5.41) is 17.7. The molecule has 0 aliphatic heterocycles. The average Bonchev–Trinajstić information content (AvgIpc) is 2.97. The summed E-state index contributed by atoms with van der Waals surface area (Å²) in [4.78, 5) is 3.91. The molecule has 6 heteroatoms. The monoisotopic (exact) mass is 294 g/mol. The third kappa shape index (κ3) is 4.30. The Bertz CT molecular complexity index is 500. The number of hydrogen-bond donors (Lipinski definition) is 2. The van der Waals surface area contributed by atoms with E-state index in [2.05, 4.69) is 22.3 Å². The average molecular weight is 295 g/mol. The van der Waals surface area contributed by atoms with Gasteiger partial charge in [0.25, 0.3) is 0 Å². The van der Waals surface area contributed by atoms with Crippen LogP contribution in [0.2, 0.25) is 5.02 Å². The molecule has 0 spiro atoms.